The second kappa shape index (κ2) is 6.92. The zero-order valence-electron chi connectivity index (χ0n) is 10.2. The Hall–Kier alpha value is -0.670. The van der Waals surface area contributed by atoms with Gasteiger partial charge >= 0.3 is 0 Å². The second-order valence-corrected chi connectivity index (χ2v) is 4.56. The normalized spacial score (nSPS) is 11.5. The molecule has 0 heterocycles. The Balaban J connectivity index is 3.17. The lowest BCUT2D eigenvalue weighted by Gasteiger charge is -2.12. The van der Waals surface area contributed by atoms with E-state index in [0.29, 0.717) is 23.1 Å². The molecule has 1 rings (SSSR count). The Morgan fingerprint density at radius 1 is 1.47 bits per heavy atom. The first-order chi connectivity index (χ1) is 8.12. The van der Waals surface area contributed by atoms with Gasteiger partial charge in [-0.15, -0.1) is 0 Å². The van der Waals surface area contributed by atoms with Crippen LogP contribution in [0.25, 0.3) is 6.08 Å². The van der Waals surface area contributed by atoms with Crippen LogP contribution in [0, 0.1) is 0 Å². The third-order valence-corrected chi connectivity index (χ3v) is 3.33. The van der Waals surface area contributed by atoms with Crippen molar-refractivity contribution in [2.75, 3.05) is 19.0 Å². The minimum absolute atomic E-state index is 0.561. The summed E-state index contributed by atoms with van der Waals surface area (Å²) in [5, 5.41) is 1.40. The molecule has 0 fully saturated rings. The number of halogens is 2. The number of rotatable bonds is 5. The van der Waals surface area contributed by atoms with E-state index >= 15 is 0 Å². The zero-order chi connectivity index (χ0) is 12.8. The first-order valence-electron chi connectivity index (χ1n) is 5.35. The van der Waals surface area contributed by atoms with E-state index in [1.54, 1.807) is 7.11 Å². The molecule has 0 saturated carbocycles. The second-order valence-electron chi connectivity index (χ2n) is 3.59. The number of hydrogen-bond acceptors (Lipinski definition) is 2. The van der Waals surface area contributed by atoms with Crippen molar-refractivity contribution in [3.63, 3.8) is 0 Å². The smallest absolute Gasteiger partial charge is 0.179 e. The highest BCUT2D eigenvalue weighted by Crippen LogP contribution is 2.36. The maximum absolute atomic E-state index is 6.17. The molecule has 0 spiro atoms. The van der Waals surface area contributed by atoms with Gasteiger partial charge in [-0.25, -0.2) is 0 Å². The van der Waals surface area contributed by atoms with Crippen LogP contribution in [-0.4, -0.2) is 19.0 Å². The van der Waals surface area contributed by atoms with E-state index in [-0.39, 0.29) is 0 Å². The summed E-state index contributed by atoms with van der Waals surface area (Å²) in [7, 11) is 1.61. The SMILES string of the molecule is CCOc1c(Cl)cc(C=C(C)CBr)cc1OC. The number of methoxy groups -OCH3 is 1. The highest BCUT2D eigenvalue weighted by Gasteiger charge is 2.10. The molecule has 0 saturated heterocycles. The number of hydrogen-bond donors (Lipinski definition) is 0. The molecule has 0 radical (unpaired) electrons. The van der Waals surface area contributed by atoms with Crippen molar-refractivity contribution in [1.82, 2.24) is 0 Å². The van der Waals surface area contributed by atoms with Crippen molar-refractivity contribution in [2.24, 2.45) is 0 Å². The highest BCUT2D eigenvalue weighted by molar-refractivity contribution is 9.09. The van der Waals surface area contributed by atoms with Crippen LogP contribution in [0.3, 0.4) is 0 Å². The van der Waals surface area contributed by atoms with Gasteiger partial charge in [0.25, 0.3) is 0 Å². The van der Waals surface area contributed by atoms with Gasteiger partial charge in [-0.3, -0.25) is 0 Å². The average molecular weight is 320 g/mol. The van der Waals surface area contributed by atoms with E-state index < -0.39 is 0 Å². The molecule has 0 atom stereocenters. The molecule has 0 bridgehead atoms. The number of allylic oxidation sites excluding steroid dienone is 1. The van der Waals surface area contributed by atoms with Gasteiger partial charge in [0, 0.05) is 5.33 Å². The first-order valence-corrected chi connectivity index (χ1v) is 6.85. The van der Waals surface area contributed by atoms with Gasteiger partial charge < -0.3 is 9.47 Å². The van der Waals surface area contributed by atoms with Crippen molar-refractivity contribution < 1.29 is 9.47 Å². The summed E-state index contributed by atoms with van der Waals surface area (Å²) >= 11 is 9.58. The van der Waals surface area contributed by atoms with E-state index in [0.717, 1.165) is 10.9 Å². The fourth-order valence-corrected chi connectivity index (χ4v) is 1.87. The summed E-state index contributed by atoms with van der Waals surface area (Å²) in [5.74, 6) is 1.26. The van der Waals surface area contributed by atoms with E-state index in [1.807, 2.05) is 26.0 Å². The van der Waals surface area contributed by atoms with Gasteiger partial charge in [0.15, 0.2) is 11.5 Å². The van der Waals surface area contributed by atoms with Crippen LogP contribution in [0.1, 0.15) is 19.4 Å². The molecule has 0 N–H and O–H groups in total. The van der Waals surface area contributed by atoms with Crippen molar-refractivity contribution in [3.05, 3.63) is 28.3 Å². The summed E-state index contributed by atoms with van der Waals surface area (Å²) < 4.78 is 10.7. The number of ether oxygens (including phenoxy) is 2. The average Bonchev–Trinajstić information content (AvgIpc) is 2.32. The first kappa shape index (κ1) is 14.4. The highest BCUT2D eigenvalue weighted by atomic mass is 79.9. The van der Waals surface area contributed by atoms with Gasteiger partial charge in [-0.05, 0) is 31.5 Å². The van der Waals surface area contributed by atoms with Gasteiger partial charge in [0.05, 0.1) is 18.7 Å². The van der Waals surface area contributed by atoms with Crippen LogP contribution >= 0.6 is 27.5 Å². The molecule has 17 heavy (non-hydrogen) atoms. The molecule has 0 aliphatic carbocycles. The Morgan fingerprint density at radius 3 is 2.71 bits per heavy atom. The summed E-state index contributed by atoms with van der Waals surface area (Å²) in [4.78, 5) is 0. The molecule has 0 aromatic heterocycles. The largest absolute Gasteiger partial charge is 0.493 e. The summed E-state index contributed by atoms with van der Waals surface area (Å²) in [6.45, 7) is 4.52. The minimum Gasteiger partial charge on any atom is -0.493 e. The molecular weight excluding hydrogens is 303 g/mol. The molecule has 2 nitrogen and oxygen atoms in total. The van der Waals surface area contributed by atoms with E-state index in [9.17, 15) is 0 Å². The van der Waals surface area contributed by atoms with Crippen molar-refractivity contribution in [1.29, 1.82) is 0 Å². The zero-order valence-corrected chi connectivity index (χ0v) is 12.6. The molecule has 1 aromatic rings. The minimum atomic E-state index is 0.561. The maximum Gasteiger partial charge on any atom is 0.179 e. The lowest BCUT2D eigenvalue weighted by Crippen LogP contribution is -1.96. The third-order valence-electron chi connectivity index (χ3n) is 2.16. The fraction of sp³-hybridized carbons (Fsp3) is 0.385. The van der Waals surface area contributed by atoms with E-state index in [4.69, 9.17) is 21.1 Å². The van der Waals surface area contributed by atoms with Crippen molar-refractivity contribution >= 4 is 33.6 Å². The van der Waals surface area contributed by atoms with Crippen LogP contribution in [-0.2, 0) is 0 Å². The molecule has 0 aliphatic rings. The summed E-state index contributed by atoms with van der Waals surface area (Å²) in [6.07, 6.45) is 2.05. The Bertz CT molecular complexity index is 416. The van der Waals surface area contributed by atoms with Crippen LogP contribution in [0.15, 0.2) is 17.7 Å². The van der Waals surface area contributed by atoms with Gasteiger partial charge in [0.1, 0.15) is 0 Å². The molecular formula is C13H16BrClO2. The summed E-state index contributed by atoms with van der Waals surface area (Å²) in [5.41, 5.74) is 2.22. The standard InChI is InChI=1S/C13H16BrClO2/c1-4-17-13-11(15)6-10(5-9(2)8-14)7-12(13)16-3/h5-7H,4,8H2,1-3H3. The Morgan fingerprint density at radius 2 is 2.18 bits per heavy atom. The van der Waals surface area contributed by atoms with Crippen molar-refractivity contribution in [2.45, 2.75) is 13.8 Å². The van der Waals surface area contributed by atoms with E-state index in [2.05, 4.69) is 22.0 Å². The molecule has 0 aliphatic heterocycles. The quantitative estimate of drug-likeness (QED) is 0.742. The van der Waals surface area contributed by atoms with Gasteiger partial charge in [-0.2, -0.15) is 0 Å². The number of benzene rings is 1. The summed E-state index contributed by atoms with van der Waals surface area (Å²) in [6, 6.07) is 3.80. The molecule has 4 heteroatoms. The monoisotopic (exact) mass is 318 g/mol. The van der Waals surface area contributed by atoms with Crippen LogP contribution in [0.5, 0.6) is 11.5 Å². The Labute approximate surface area is 116 Å². The van der Waals surface area contributed by atoms with Crippen LogP contribution in [0.4, 0.5) is 0 Å². The van der Waals surface area contributed by atoms with Crippen molar-refractivity contribution in [3.8, 4) is 11.5 Å². The molecule has 0 amide bonds. The number of alkyl halides is 1. The van der Waals surface area contributed by atoms with E-state index in [1.165, 1.54) is 5.57 Å². The predicted molar refractivity (Wildman–Crippen MR) is 76.6 cm³/mol. The lowest BCUT2D eigenvalue weighted by atomic mass is 10.1. The molecule has 1 aromatic carbocycles. The van der Waals surface area contributed by atoms with Gasteiger partial charge in [-0.1, -0.05) is 39.2 Å². The Kier molecular flexibility index (Phi) is 5.86. The predicted octanol–water partition coefficient (Wildman–Crippen LogP) is 4.55. The maximum atomic E-state index is 6.17. The van der Waals surface area contributed by atoms with Crippen LogP contribution in [0.2, 0.25) is 5.02 Å². The van der Waals surface area contributed by atoms with Crippen LogP contribution < -0.4 is 9.47 Å². The molecule has 94 valence electrons. The van der Waals surface area contributed by atoms with Gasteiger partial charge in [0.2, 0.25) is 0 Å². The fourth-order valence-electron chi connectivity index (χ4n) is 1.43. The molecule has 0 unspecified atom stereocenters. The topological polar surface area (TPSA) is 18.5 Å². The lowest BCUT2D eigenvalue weighted by molar-refractivity contribution is 0.311. The third kappa shape index (κ3) is 3.93.